The second-order valence-corrected chi connectivity index (χ2v) is 4.56. The van der Waals surface area contributed by atoms with Crippen molar-refractivity contribution in [2.45, 2.75) is 25.6 Å². The molecule has 1 aliphatic heterocycles. The van der Waals surface area contributed by atoms with Gasteiger partial charge in [0, 0.05) is 6.54 Å². The highest BCUT2D eigenvalue weighted by Gasteiger charge is 2.23. The summed E-state index contributed by atoms with van der Waals surface area (Å²) in [5.41, 5.74) is 2.50. The summed E-state index contributed by atoms with van der Waals surface area (Å²) in [5.74, 6) is 0.649. The molecule has 6 heteroatoms. The molecule has 3 N–H and O–H groups in total. The van der Waals surface area contributed by atoms with Crippen LogP contribution in [0.2, 0.25) is 0 Å². The molecule has 0 saturated heterocycles. The summed E-state index contributed by atoms with van der Waals surface area (Å²) in [4.78, 5) is 16.0. The molecule has 2 aromatic rings. The number of aromatic amines is 1. The molecule has 1 amide bonds. The van der Waals surface area contributed by atoms with Crippen LogP contribution in [0.15, 0.2) is 30.6 Å². The Balaban J connectivity index is 1.60. The Bertz CT molecular complexity index is 566. The molecule has 1 atom stereocenters. The lowest BCUT2D eigenvalue weighted by atomic mass is 9.95. The fourth-order valence-electron chi connectivity index (χ4n) is 2.25. The summed E-state index contributed by atoms with van der Waals surface area (Å²) in [5, 5.41) is 12.6. The van der Waals surface area contributed by atoms with Gasteiger partial charge in [0.1, 0.15) is 12.2 Å². The van der Waals surface area contributed by atoms with Gasteiger partial charge in [-0.1, -0.05) is 24.3 Å². The molecule has 0 fully saturated rings. The number of hydrogen-bond acceptors (Lipinski definition) is 4. The molecule has 0 spiro atoms. The Hall–Kier alpha value is -2.21. The Kier molecular flexibility index (Phi) is 3.24. The molecule has 1 unspecified atom stereocenters. The average molecular weight is 257 g/mol. The molecule has 0 radical (unpaired) electrons. The normalized spacial score (nSPS) is 17.8. The van der Waals surface area contributed by atoms with Gasteiger partial charge in [-0.3, -0.25) is 9.89 Å². The quantitative estimate of drug-likeness (QED) is 0.730. The molecule has 6 nitrogen and oxygen atoms in total. The van der Waals surface area contributed by atoms with Crippen LogP contribution in [-0.4, -0.2) is 27.1 Å². The number of nitrogens with one attached hydrogen (secondary N) is 3. The van der Waals surface area contributed by atoms with Gasteiger partial charge in [0.2, 0.25) is 5.91 Å². The minimum atomic E-state index is -0.183. The maximum atomic E-state index is 12.1. The first kappa shape index (κ1) is 11.9. The molecule has 0 bridgehead atoms. The lowest BCUT2D eigenvalue weighted by molar-refractivity contribution is -0.123. The van der Waals surface area contributed by atoms with Crippen molar-refractivity contribution < 1.29 is 4.79 Å². The van der Waals surface area contributed by atoms with Crippen molar-refractivity contribution in [3.8, 4) is 0 Å². The molecule has 1 aromatic heterocycles. The predicted molar refractivity (Wildman–Crippen MR) is 69.0 cm³/mol. The first-order chi connectivity index (χ1) is 9.33. The van der Waals surface area contributed by atoms with Crippen molar-refractivity contribution in [3.63, 3.8) is 0 Å². The molecule has 3 rings (SSSR count). The van der Waals surface area contributed by atoms with E-state index in [0.717, 1.165) is 13.0 Å². The van der Waals surface area contributed by atoms with Gasteiger partial charge in [-0.05, 0) is 17.5 Å². The zero-order valence-electron chi connectivity index (χ0n) is 10.4. The van der Waals surface area contributed by atoms with E-state index in [9.17, 15) is 4.79 Å². The van der Waals surface area contributed by atoms with Crippen molar-refractivity contribution in [1.82, 2.24) is 25.8 Å². The first-order valence-corrected chi connectivity index (χ1v) is 6.25. The van der Waals surface area contributed by atoms with Crippen LogP contribution in [0.5, 0.6) is 0 Å². The highest BCUT2D eigenvalue weighted by Crippen LogP contribution is 2.16. The van der Waals surface area contributed by atoms with Crippen LogP contribution < -0.4 is 10.6 Å². The third-order valence-corrected chi connectivity index (χ3v) is 3.29. The van der Waals surface area contributed by atoms with Crippen molar-refractivity contribution in [2.75, 3.05) is 0 Å². The predicted octanol–water partition coefficient (Wildman–Crippen LogP) is 0.135. The fraction of sp³-hybridized carbons (Fsp3) is 0.308. The number of fused-ring (bicyclic) bond motifs is 1. The Morgan fingerprint density at radius 3 is 3.00 bits per heavy atom. The van der Waals surface area contributed by atoms with E-state index < -0.39 is 0 Å². The third kappa shape index (κ3) is 2.63. The lowest BCUT2D eigenvalue weighted by Crippen LogP contribution is -2.47. The van der Waals surface area contributed by atoms with Crippen molar-refractivity contribution in [3.05, 3.63) is 47.5 Å². The van der Waals surface area contributed by atoms with Gasteiger partial charge in [0.05, 0.1) is 12.6 Å². The van der Waals surface area contributed by atoms with E-state index in [0.29, 0.717) is 12.4 Å². The SMILES string of the molecule is O=C(NCc1ncn[nH]1)C1Cc2ccccc2CN1. The molecule has 1 aromatic carbocycles. The molecular weight excluding hydrogens is 242 g/mol. The smallest absolute Gasteiger partial charge is 0.237 e. The van der Waals surface area contributed by atoms with Gasteiger partial charge in [-0.2, -0.15) is 5.10 Å². The molecular formula is C13H15N5O. The molecule has 0 saturated carbocycles. The number of rotatable bonds is 3. The molecule has 0 aliphatic carbocycles. The maximum Gasteiger partial charge on any atom is 0.237 e. The van der Waals surface area contributed by atoms with Gasteiger partial charge >= 0.3 is 0 Å². The van der Waals surface area contributed by atoms with E-state index >= 15 is 0 Å². The highest BCUT2D eigenvalue weighted by atomic mass is 16.2. The van der Waals surface area contributed by atoms with E-state index in [1.165, 1.54) is 17.5 Å². The number of amides is 1. The fourth-order valence-corrected chi connectivity index (χ4v) is 2.25. The topological polar surface area (TPSA) is 82.7 Å². The summed E-state index contributed by atoms with van der Waals surface area (Å²) in [6.07, 6.45) is 2.15. The van der Waals surface area contributed by atoms with Crippen LogP contribution in [0.4, 0.5) is 0 Å². The van der Waals surface area contributed by atoms with Gasteiger partial charge in [0.25, 0.3) is 0 Å². The van der Waals surface area contributed by atoms with Crippen molar-refractivity contribution in [2.24, 2.45) is 0 Å². The van der Waals surface area contributed by atoms with Crippen LogP contribution in [0, 0.1) is 0 Å². The minimum absolute atomic E-state index is 0.00842. The van der Waals surface area contributed by atoms with Gasteiger partial charge < -0.3 is 10.6 Å². The Morgan fingerprint density at radius 2 is 2.21 bits per heavy atom. The van der Waals surface area contributed by atoms with E-state index in [4.69, 9.17) is 0 Å². The minimum Gasteiger partial charge on any atom is -0.347 e. The number of hydrogen-bond donors (Lipinski definition) is 3. The third-order valence-electron chi connectivity index (χ3n) is 3.29. The summed E-state index contributed by atoms with van der Waals surface area (Å²) >= 11 is 0. The summed E-state index contributed by atoms with van der Waals surface area (Å²) in [7, 11) is 0. The van der Waals surface area contributed by atoms with Crippen LogP contribution in [0.3, 0.4) is 0 Å². The van der Waals surface area contributed by atoms with Crippen molar-refractivity contribution >= 4 is 5.91 Å². The summed E-state index contributed by atoms with van der Waals surface area (Å²) in [6.45, 7) is 1.11. The number of H-pyrrole nitrogens is 1. The number of aromatic nitrogens is 3. The number of carbonyl (C=O) groups excluding carboxylic acids is 1. The Morgan fingerprint density at radius 1 is 1.37 bits per heavy atom. The average Bonchev–Trinajstić information content (AvgIpc) is 2.97. The zero-order chi connectivity index (χ0) is 13.1. The van der Waals surface area contributed by atoms with Gasteiger partial charge in [-0.15, -0.1) is 0 Å². The second kappa shape index (κ2) is 5.19. The van der Waals surface area contributed by atoms with Crippen LogP contribution in [-0.2, 0) is 24.3 Å². The number of nitrogens with zero attached hydrogens (tertiary/aromatic N) is 2. The Labute approximate surface area is 110 Å². The zero-order valence-corrected chi connectivity index (χ0v) is 10.4. The highest BCUT2D eigenvalue weighted by molar-refractivity contribution is 5.82. The first-order valence-electron chi connectivity index (χ1n) is 6.25. The largest absolute Gasteiger partial charge is 0.347 e. The van der Waals surface area contributed by atoms with Crippen molar-refractivity contribution in [1.29, 1.82) is 0 Å². The number of benzene rings is 1. The van der Waals surface area contributed by atoms with E-state index in [-0.39, 0.29) is 11.9 Å². The molecule has 19 heavy (non-hydrogen) atoms. The van der Waals surface area contributed by atoms with Crippen LogP contribution in [0.25, 0.3) is 0 Å². The molecule has 98 valence electrons. The monoisotopic (exact) mass is 257 g/mol. The van der Waals surface area contributed by atoms with E-state index in [2.05, 4.69) is 37.9 Å². The molecule has 2 heterocycles. The van der Waals surface area contributed by atoms with Crippen LogP contribution in [0.1, 0.15) is 17.0 Å². The summed E-state index contributed by atoms with van der Waals surface area (Å²) in [6, 6.07) is 8.01. The standard InChI is InChI=1S/C13H15N5O/c19-13(15-7-12-16-8-17-18-12)11-5-9-3-1-2-4-10(9)6-14-11/h1-4,8,11,14H,5-7H2,(H,15,19)(H,16,17,18). The van der Waals surface area contributed by atoms with E-state index in [1.807, 2.05) is 12.1 Å². The van der Waals surface area contributed by atoms with E-state index in [1.54, 1.807) is 0 Å². The molecule has 1 aliphatic rings. The lowest BCUT2D eigenvalue weighted by Gasteiger charge is -2.25. The number of carbonyl (C=O) groups is 1. The second-order valence-electron chi connectivity index (χ2n) is 4.56. The van der Waals surface area contributed by atoms with Crippen LogP contribution >= 0.6 is 0 Å². The summed E-state index contributed by atoms with van der Waals surface area (Å²) < 4.78 is 0. The van der Waals surface area contributed by atoms with Gasteiger partial charge in [0.15, 0.2) is 0 Å². The van der Waals surface area contributed by atoms with Gasteiger partial charge in [-0.25, -0.2) is 4.98 Å². The maximum absolute atomic E-state index is 12.1.